The SMILES string of the molecule is CC1(Cc2nc3ccccc3c3nc4ccccc4n23)CCCCC1. The predicted molar refractivity (Wildman–Crippen MR) is 103 cm³/mol. The Morgan fingerprint density at radius 3 is 2.44 bits per heavy atom. The monoisotopic (exact) mass is 329 g/mol. The van der Waals surface area contributed by atoms with Crippen LogP contribution in [0, 0.1) is 5.41 Å². The molecule has 0 spiro atoms. The summed E-state index contributed by atoms with van der Waals surface area (Å²) in [5.74, 6) is 1.16. The second-order valence-electron chi connectivity index (χ2n) is 7.85. The number of imidazole rings is 1. The number of benzene rings is 2. The van der Waals surface area contributed by atoms with Gasteiger partial charge in [0.15, 0.2) is 0 Å². The van der Waals surface area contributed by atoms with E-state index in [1.807, 2.05) is 0 Å². The third-order valence-corrected chi connectivity index (χ3v) is 5.86. The predicted octanol–water partition coefficient (Wildman–Crippen LogP) is 5.55. The molecule has 126 valence electrons. The van der Waals surface area contributed by atoms with E-state index < -0.39 is 0 Å². The third kappa shape index (κ3) is 2.41. The Morgan fingerprint density at radius 1 is 0.880 bits per heavy atom. The van der Waals surface area contributed by atoms with Gasteiger partial charge in [0.1, 0.15) is 11.5 Å². The van der Waals surface area contributed by atoms with Gasteiger partial charge in [-0.1, -0.05) is 50.5 Å². The van der Waals surface area contributed by atoms with E-state index in [4.69, 9.17) is 9.97 Å². The average molecular weight is 329 g/mol. The second kappa shape index (κ2) is 5.55. The molecular weight excluding hydrogens is 306 g/mol. The molecule has 0 bridgehead atoms. The summed E-state index contributed by atoms with van der Waals surface area (Å²) in [5.41, 5.74) is 4.67. The minimum absolute atomic E-state index is 0.353. The van der Waals surface area contributed by atoms with Crippen molar-refractivity contribution in [3.05, 3.63) is 54.4 Å². The molecule has 0 amide bonds. The maximum absolute atomic E-state index is 5.09. The topological polar surface area (TPSA) is 30.2 Å². The summed E-state index contributed by atoms with van der Waals surface area (Å²) in [5, 5.41) is 1.14. The smallest absolute Gasteiger partial charge is 0.148 e. The Bertz CT molecular complexity index is 1070. The Morgan fingerprint density at radius 2 is 1.60 bits per heavy atom. The molecule has 0 atom stereocenters. The van der Waals surface area contributed by atoms with Crippen molar-refractivity contribution >= 4 is 27.6 Å². The zero-order valence-corrected chi connectivity index (χ0v) is 14.7. The molecule has 3 nitrogen and oxygen atoms in total. The molecule has 1 fully saturated rings. The van der Waals surface area contributed by atoms with Crippen LogP contribution in [0.1, 0.15) is 44.9 Å². The molecule has 2 heterocycles. The molecule has 5 rings (SSSR count). The zero-order chi connectivity index (χ0) is 16.9. The van der Waals surface area contributed by atoms with Crippen LogP contribution in [0.15, 0.2) is 48.5 Å². The van der Waals surface area contributed by atoms with Crippen LogP contribution in [0.25, 0.3) is 27.6 Å². The lowest BCUT2D eigenvalue weighted by atomic mass is 9.73. The molecule has 0 N–H and O–H groups in total. The number of nitrogens with zero attached hydrogens (tertiary/aromatic N) is 3. The van der Waals surface area contributed by atoms with Gasteiger partial charge in [0, 0.05) is 11.8 Å². The van der Waals surface area contributed by atoms with E-state index in [0.29, 0.717) is 5.41 Å². The summed E-state index contributed by atoms with van der Waals surface area (Å²) in [4.78, 5) is 10.0. The standard InChI is InChI=1S/C22H23N3/c1-22(13-7-2-8-14-22)15-20-23-17-10-4-3-9-16(17)21-24-18-11-5-6-12-19(18)25(20)21/h3-6,9-12H,2,7-8,13-15H2,1H3. The summed E-state index contributed by atoms with van der Waals surface area (Å²) < 4.78 is 2.30. The van der Waals surface area contributed by atoms with Crippen LogP contribution in [0.4, 0.5) is 0 Å². The molecule has 4 aromatic rings. The molecule has 1 aliphatic carbocycles. The first-order valence-corrected chi connectivity index (χ1v) is 9.38. The normalized spacial score (nSPS) is 17.5. The highest BCUT2D eigenvalue weighted by Crippen LogP contribution is 2.39. The van der Waals surface area contributed by atoms with Gasteiger partial charge in [-0.15, -0.1) is 0 Å². The molecule has 0 radical (unpaired) electrons. The van der Waals surface area contributed by atoms with E-state index >= 15 is 0 Å². The lowest BCUT2D eigenvalue weighted by Crippen LogP contribution is -2.24. The maximum atomic E-state index is 5.09. The summed E-state index contributed by atoms with van der Waals surface area (Å²) in [6.45, 7) is 2.44. The van der Waals surface area contributed by atoms with Crippen molar-refractivity contribution in [3.8, 4) is 0 Å². The van der Waals surface area contributed by atoms with Crippen molar-refractivity contribution in [2.24, 2.45) is 5.41 Å². The van der Waals surface area contributed by atoms with Crippen LogP contribution in [0.5, 0.6) is 0 Å². The van der Waals surface area contributed by atoms with Gasteiger partial charge < -0.3 is 0 Å². The molecule has 2 aromatic carbocycles. The summed E-state index contributed by atoms with van der Waals surface area (Å²) in [6.07, 6.45) is 7.69. The first-order chi connectivity index (χ1) is 12.2. The van der Waals surface area contributed by atoms with Crippen molar-refractivity contribution in [2.45, 2.75) is 45.4 Å². The van der Waals surface area contributed by atoms with E-state index in [2.05, 4.69) is 59.9 Å². The maximum Gasteiger partial charge on any atom is 0.148 e. The van der Waals surface area contributed by atoms with Crippen LogP contribution in [-0.2, 0) is 6.42 Å². The molecule has 0 unspecified atom stereocenters. The number of para-hydroxylation sites is 3. The molecule has 3 heteroatoms. The van der Waals surface area contributed by atoms with Crippen molar-refractivity contribution in [2.75, 3.05) is 0 Å². The first kappa shape index (κ1) is 14.9. The van der Waals surface area contributed by atoms with Crippen LogP contribution in [0.3, 0.4) is 0 Å². The average Bonchev–Trinajstić information content (AvgIpc) is 3.02. The Kier molecular flexibility index (Phi) is 3.30. The highest BCUT2D eigenvalue weighted by atomic mass is 15.1. The lowest BCUT2D eigenvalue weighted by Gasteiger charge is -2.33. The minimum atomic E-state index is 0.353. The summed E-state index contributed by atoms with van der Waals surface area (Å²) in [7, 11) is 0. The van der Waals surface area contributed by atoms with Gasteiger partial charge in [-0.25, -0.2) is 9.97 Å². The van der Waals surface area contributed by atoms with E-state index in [9.17, 15) is 0 Å². The van der Waals surface area contributed by atoms with Crippen molar-refractivity contribution in [1.29, 1.82) is 0 Å². The Hall–Kier alpha value is -2.42. The van der Waals surface area contributed by atoms with Crippen LogP contribution in [0.2, 0.25) is 0 Å². The fourth-order valence-corrected chi connectivity index (χ4v) is 4.50. The molecule has 25 heavy (non-hydrogen) atoms. The summed E-state index contributed by atoms with van der Waals surface area (Å²) >= 11 is 0. The van der Waals surface area contributed by atoms with Crippen LogP contribution < -0.4 is 0 Å². The van der Waals surface area contributed by atoms with Crippen molar-refractivity contribution in [3.63, 3.8) is 0 Å². The molecule has 0 aliphatic heterocycles. The van der Waals surface area contributed by atoms with Gasteiger partial charge in [-0.05, 0) is 42.5 Å². The van der Waals surface area contributed by atoms with Gasteiger partial charge in [-0.2, -0.15) is 0 Å². The fraction of sp³-hybridized carbons (Fsp3) is 0.364. The first-order valence-electron chi connectivity index (χ1n) is 9.38. The van der Waals surface area contributed by atoms with Gasteiger partial charge in [0.05, 0.1) is 16.6 Å². The van der Waals surface area contributed by atoms with Crippen LogP contribution in [-0.4, -0.2) is 14.4 Å². The Balaban J connectivity index is 1.80. The van der Waals surface area contributed by atoms with Gasteiger partial charge in [-0.3, -0.25) is 4.40 Å². The second-order valence-corrected chi connectivity index (χ2v) is 7.85. The molecule has 1 saturated carbocycles. The quantitative estimate of drug-likeness (QED) is 0.483. The summed E-state index contributed by atoms with van der Waals surface area (Å²) in [6, 6.07) is 16.8. The lowest BCUT2D eigenvalue weighted by molar-refractivity contribution is 0.210. The largest absolute Gasteiger partial charge is 0.280 e. The molecule has 0 saturated heterocycles. The third-order valence-electron chi connectivity index (χ3n) is 5.86. The van der Waals surface area contributed by atoms with E-state index in [1.165, 1.54) is 37.6 Å². The number of hydrogen-bond donors (Lipinski definition) is 0. The number of rotatable bonds is 2. The van der Waals surface area contributed by atoms with Crippen molar-refractivity contribution in [1.82, 2.24) is 14.4 Å². The van der Waals surface area contributed by atoms with Gasteiger partial charge >= 0.3 is 0 Å². The zero-order valence-electron chi connectivity index (χ0n) is 14.7. The minimum Gasteiger partial charge on any atom is -0.280 e. The highest BCUT2D eigenvalue weighted by Gasteiger charge is 2.29. The number of fused-ring (bicyclic) bond motifs is 5. The van der Waals surface area contributed by atoms with Crippen LogP contribution >= 0.6 is 0 Å². The number of aromatic nitrogens is 3. The van der Waals surface area contributed by atoms with Gasteiger partial charge in [0.2, 0.25) is 0 Å². The molecule has 2 aromatic heterocycles. The van der Waals surface area contributed by atoms with Gasteiger partial charge in [0.25, 0.3) is 0 Å². The van der Waals surface area contributed by atoms with Crippen molar-refractivity contribution < 1.29 is 0 Å². The Labute approximate surface area is 147 Å². The van der Waals surface area contributed by atoms with E-state index in [1.54, 1.807) is 0 Å². The fourth-order valence-electron chi connectivity index (χ4n) is 4.50. The highest BCUT2D eigenvalue weighted by molar-refractivity contribution is 5.96. The molecular formula is C22H23N3. The molecule has 1 aliphatic rings. The van der Waals surface area contributed by atoms with E-state index in [-0.39, 0.29) is 0 Å². The van der Waals surface area contributed by atoms with E-state index in [0.717, 1.165) is 34.3 Å². The number of hydrogen-bond acceptors (Lipinski definition) is 2.